The number of halogens is 1. The van der Waals surface area contributed by atoms with E-state index in [4.69, 9.17) is 0 Å². The smallest absolute Gasteiger partial charge is 0.226 e. The second-order valence-electron chi connectivity index (χ2n) is 5.01. The van der Waals surface area contributed by atoms with E-state index in [1.165, 1.54) is 12.1 Å². The average Bonchev–Trinajstić information content (AvgIpc) is 2.41. The Morgan fingerprint density at radius 1 is 1.20 bits per heavy atom. The first-order valence-corrected chi connectivity index (χ1v) is 6.56. The van der Waals surface area contributed by atoms with Crippen molar-refractivity contribution in [3.8, 4) is 0 Å². The van der Waals surface area contributed by atoms with Gasteiger partial charge >= 0.3 is 0 Å². The molecule has 2 aromatic rings. The predicted octanol–water partition coefficient (Wildman–Crippen LogP) is 2.72. The highest BCUT2D eigenvalue weighted by Gasteiger charge is 2.06. The number of rotatable bonds is 5. The third kappa shape index (κ3) is 3.91. The van der Waals surface area contributed by atoms with Crippen LogP contribution in [0.5, 0.6) is 0 Å². The largest absolute Gasteiger partial charge is 0.367 e. The standard InChI is InChI=1S/C15H19FN4/c1-11(10-12-4-6-13(16)7-5-12)18-14-8-9-17-15(19-14)20(2)3/h4-9,11H,10H2,1-3H3,(H,17,18,19). The van der Waals surface area contributed by atoms with E-state index in [1.807, 2.05) is 25.1 Å². The van der Waals surface area contributed by atoms with Crippen LogP contribution in [0.3, 0.4) is 0 Å². The van der Waals surface area contributed by atoms with Gasteiger partial charge in [0.25, 0.3) is 0 Å². The molecule has 0 fully saturated rings. The molecule has 1 atom stereocenters. The van der Waals surface area contributed by atoms with Gasteiger partial charge in [0.05, 0.1) is 0 Å². The van der Waals surface area contributed by atoms with Crippen molar-refractivity contribution in [1.82, 2.24) is 9.97 Å². The first kappa shape index (κ1) is 14.2. The molecule has 0 aliphatic heterocycles. The fraction of sp³-hybridized carbons (Fsp3) is 0.333. The van der Waals surface area contributed by atoms with Gasteiger partial charge in [-0.15, -0.1) is 0 Å². The lowest BCUT2D eigenvalue weighted by atomic mass is 10.1. The molecule has 0 amide bonds. The zero-order valence-electron chi connectivity index (χ0n) is 12.0. The number of nitrogens with zero attached hydrogens (tertiary/aromatic N) is 3. The van der Waals surface area contributed by atoms with Crippen LogP contribution >= 0.6 is 0 Å². The van der Waals surface area contributed by atoms with Crippen molar-refractivity contribution in [2.24, 2.45) is 0 Å². The molecular weight excluding hydrogens is 255 g/mol. The zero-order chi connectivity index (χ0) is 14.5. The summed E-state index contributed by atoms with van der Waals surface area (Å²) in [7, 11) is 3.81. The molecular formula is C15H19FN4. The van der Waals surface area contributed by atoms with Gasteiger partial charge in [0, 0.05) is 26.3 Å². The van der Waals surface area contributed by atoms with Crippen LogP contribution in [0.4, 0.5) is 16.2 Å². The van der Waals surface area contributed by atoms with Gasteiger partial charge in [0.2, 0.25) is 5.95 Å². The number of hydrogen-bond acceptors (Lipinski definition) is 4. The van der Waals surface area contributed by atoms with E-state index >= 15 is 0 Å². The normalized spacial score (nSPS) is 12.0. The van der Waals surface area contributed by atoms with Gasteiger partial charge in [-0.1, -0.05) is 12.1 Å². The topological polar surface area (TPSA) is 41.1 Å². The summed E-state index contributed by atoms with van der Waals surface area (Å²) in [5.41, 5.74) is 1.09. The Balaban J connectivity index is 1.99. The Labute approximate surface area is 118 Å². The molecule has 20 heavy (non-hydrogen) atoms. The van der Waals surface area contributed by atoms with Crippen molar-refractivity contribution in [2.75, 3.05) is 24.3 Å². The van der Waals surface area contributed by atoms with Gasteiger partial charge in [0.15, 0.2) is 0 Å². The Hall–Kier alpha value is -2.17. The van der Waals surface area contributed by atoms with Crippen molar-refractivity contribution in [3.05, 3.63) is 47.9 Å². The minimum Gasteiger partial charge on any atom is -0.367 e. The Kier molecular flexibility index (Phi) is 4.50. The van der Waals surface area contributed by atoms with Crippen LogP contribution in [-0.4, -0.2) is 30.1 Å². The Morgan fingerprint density at radius 3 is 2.55 bits per heavy atom. The number of benzene rings is 1. The van der Waals surface area contributed by atoms with Crippen LogP contribution in [0, 0.1) is 5.82 Å². The van der Waals surface area contributed by atoms with E-state index in [2.05, 4.69) is 22.2 Å². The summed E-state index contributed by atoms with van der Waals surface area (Å²) in [5, 5.41) is 3.33. The minimum atomic E-state index is -0.208. The van der Waals surface area contributed by atoms with E-state index < -0.39 is 0 Å². The number of aromatic nitrogens is 2. The molecule has 2 rings (SSSR count). The summed E-state index contributed by atoms with van der Waals surface area (Å²) < 4.78 is 12.9. The molecule has 0 aliphatic rings. The Bertz CT molecular complexity index is 554. The first-order valence-electron chi connectivity index (χ1n) is 6.56. The lowest BCUT2D eigenvalue weighted by molar-refractivity contribution is 0.626. The highest BCUT2D eigenvalue weighted by molar-refractivity contribution is 5.41. The molecule has 0 spiro atoms. The van der Waals surface area contributed by atoms with Gasteiger partial charge in [-0.05, 0) is 37.1 Å². The number of anilines is 2. The van der Waals surface area contributed by atoms with Gasteiger partial charge in [0.1, 0.15) is 11.6 Å². The van der Waals surface area contributed by atoms with Gasteiger partial charge in [-0.3, -0.25) is 0 Å². The number of hydrogen-bond donors (Lipinski definition) is 1. The molecule has 106 valence electrons. The van der Waals surface area contributed by atoms with Crippen LogP contribution < -0.4 is 10.2 Å². The third-order valence-corrected chi connectivity index (χ3v) is 2.89. The molecule has 0 bridgehead atoms. The molecule has 1 N–H and O–H groups in total. The van der Waals surface area contributed by atoms with E-state index in [0.717, 1.165) is 17.8 Å². The molecule has 0 saturated heterocycles. The van der Waals surface area contributed by atoms with E-state index in [-0.39, 0.29) is 11.9 Å². The average molecular weight is 274 g/mol. The first-order chi connectivity index (χ1) is 9.54. The highest BCUT2D eigenvalue weighted by atomic mass is 19.1. The predicted molar refractivity (Wildman–Crippen MR) is 79.5 cm³/mol. The molecule has 1 unspecified atom stereocenters. The molecule has 0 saturated carbocycles. The second-order valence-corrected chi connectivity index (χ2v) is 5.01. The van der Waals surface area contributed by atoms with E-state index in [0.29, 0.717) is 5.95 Å². The monoisotopic (exact) mass is 274 g/mol. The molecule has 0 aliphatic carbocycles. The van der Waals surface area contributed by atoms with Gasteiger partial charge < -0.3 is 10.2 Å². The lowest BCUT2D eigenvalue weighted by Crippen LogP contribution is -2.20. The molecule has 1 heterocycles. The van der Waals surface area contributed by atoms with E-state index in [9.17, 15) is 4.39 Å². The third-order valence-electron chi connectivity index (χ3n) is 2.89. The van der Waals surface area contributed by atoms with Crippen molar-refractivity contribution < 1.29 is 4.39 Å². The summed E-state index contributed by atoms with van der Waals surface area (Å²) in [6, 6.07) is 8.62. The number of nitrogens with one attached hydrogen (secondary N) is 1. The quantitative estimate of drug-likeness (QED) is 0.910. The van der Waals surface area contributed by atoms with Gasteiger partial charge in [-0.25, -0.2) is 9.37 Å². The lowest BCUT2D eigenvalue weighted by Gasteiger charge is -2.16. The maximum absolute atomic E-state index is 12.9. The zero-order valence-corrected chi connectivity index (χ0v) is 12.0. The molecule has 1 aromatic carbocycles. The fourth-order valence-corrected chi connectivity index (χ4v) is 1.92. The van der Waals surface area contributed by atoms with Crippen LogP contribution in [0.1, 0.15) is 12.5 Å². The van der Waals surface area contributed by atoms with Crippen LogP contribution in [0.2, 0.25) is 0 Å². The summed E-state index contributed by atoms with van der Waals surface area (Å²) in [4.78, 5) is 10.4. The summed E-state index contributed by atoms with van der Waals surface area (Å²) >= 11 is 0. The minimum absolute atomic E-state index is 0.199. The van der Waals surface area contributed by atoms with Crippen molar-refractivity contribution >= 4 is 11.8 Å². The molecule has 1 aromatic heterocycles. The summed E-state index contributed by atoms with van der Waals surface area (Å²) in [6.07, 6.45) is 2.54. The fourth-order valence-electron chi connectivity index (χ4n) is 1.92. The summed E-state index contributed by atoms with van der Waals surface area (Å²) in [6.45, 7) is 2.07. The van der Waals surface area contributed by atoms with Crippen LogP contribution in [0.15, 0.2) is 36.5 Å². The highest BCUT2D eigenvalue weighted by Crippen LogP contribution is 2.12. The second kappa shape index (κ2) is 6.32. The summed E-state index contributed by atoms with van der Waals surface area (Å²) in [5.74, 6) is 1.25. The molecule has 4 nitrogen and oxygen atoms in total. The molecule has 5 heteroatoms. The van der Waals surface area contributed by atoms with Gasteiger partial charge in [-0.2, -0.15) is 4.98 Å². The maximum atomic E-state index is 12.9. The van der Waals surface area contributed by atoms with Crippen molar-refractivity contribution in [2.45, 2.75) is 19.4 Å². The Morgan fingerprint density at radius 2 is 1.90 bits per heavy atom. The maximum Gasteiger partial charge on any atom is 0.226 e. The van der Waals surface area contributed by atoms with Crippen molar-refractivity contribution in [1.29, 1.82) is 0 Å². The van der Waals surface area contributed by atoms with E-state index in [1.54, 1.807) is 18.3 Å². The van der Waals surface area contributed by atoms with Crippen molar-refractivity contribution in [3.63, 3.8) is 0 Å². The van der Waals surface area contributed by atoms with Crippen LogP contribution in [0.25, 0.3) is 0 Å². The SMILES string of the molecule is CC(Cc1ccc(F)cc1)Nc1ccnc(N(C)C)n1. The van der Waals surface area contributed by atoms with Crippen LogP contribution in [-0.2, 0) is 6.42 Å². The molecule has 0 radical (unpaired) electrons.